The summed E-state index contributed by atoms with van der Waals surface area (Å²) in [5.41, 5.74) is 5.08. The van der Waals surface area contributed by atoms with Crippen LogP contribution < -0.4 is 15.4 Å². The molecule has 1 saturated heterocycles. The number of hydrogen-bond acceptors (Lipinski definition) is 6. The number of ether oxygens (including phenoxy) is 1. The highest BCUT2D eigenvalue weighted by molar-refractivity contribution is 5.94. The van der Waals surface area contributed by atoms with E-state index in [0.29, 0.717) is 24.1 Å². The molecule has 0 bridgehead atoms. The molecule has 3 aliphatic rings. The predicted molar refractivity (Wildman–Crippen MR) is 145 cm³/mol. The largest absolute Gasteiger partial charge is 0.492 e. The summed E-state index contributed by atoms with van der Waals surface area (Å²) in [4.78, 5) is 35.3. The molecule has 0 atom stereocenters. The van der Waals surface area contributed by atoms with Gasteiger partial charge in [-0.05, 0) is 66.5 Å². The zero-order valence-corrected chi connectivity index (χ0v) is 21.7. The highest BCUT2D eigenvalue weighted by atomic mass is 16.5. The molecule has 2 amide bonds. The van der Waals surface area contributed by atoms with E-state index in [1.165, 1.54) is 0 Å². The maximum atomic E-state index is 13.0. The molecule has 6 rings (SSSR count). The van der Waals surface area contributed by atoms with Gasteiger partial charge in [0.25, 0.3) is 5.91 Å². The molecule has 1 aliphatic carbocycles. The Labute approximate surface area is 222 Å². The average molecular weight is 512 g/mol. The Bertz CT molecular complexity index is 1340. The second-order valence-electron chi connectivity index (χ2n) is 10.8. The number of aromatic nitrogens is 2. The van der Waals surface area contributed by atoms with Crippen molar-refractivity contribution in [2.24, 2.45) is 5.41 Å². The summed E-state index contributed by atoms with van der Waals surface area (Å²) in [6, 6.07) is 11.9. The molecule has 4 heterocycles. The Kier molecular flexibility index (Phi) is 6.47. The zero-order valence-electron chi connectivity index (χ0n) is 21.7. The summed E-state index contributed by atoms with van der Waals surface area (Å²) >= 11 is 0. The van der Waals surface area contributed by atoms with Gasteiger partial charge in [0.1, 0.15) is 11.6 Å². The summed E-state index contributed by atoms with van der Waals surface area (Å²) in [7, 11) is 0. The molecule has 8 nitrogen and oxygen atoms in total. The number of benzene rings is 1. The molecule has 8 heteroatoms. The lowest BCUT2D eigenvalue weighted by Crippen LogP contribution is -2.55. The zero-order chi connectivity index (χ0) is 26.1. The predicted octanol–water partition coefficient (Wildman–Crippen LogP) is 4.21. The Hall–Kier alpha value is -3.94. The normalized spacial score (nSPS) is 17.9. The van der Waals surface area contributed by atoms with E-state index >= 15 is 0 Å². The van der Waals surface area contributed by atoms with Gasteiger partial charge in [-0.2, -0.15) is 0 Å². The van der Waals surface area contributed by atoms with Crippen molar-refractivity contribution in [2.45, 2.75) is 51.6 Å². The van der Waals surface area contributed by atoms with E-state index in [1.54, 1.807) is 19.3 Å². The first-order valence-corrected chi connectivity index (χ1v) is 13.4. The number of hydrogen-bond donors (Lipinski definition) is 2. The van der Waals surface area contributed by atoms with Gasteiger partial charge >= 0.3 is 0 Å². The van der Waals surface area contributed by atoms with Crippen LogP contribution in [0.3, 0.4) is 0 Å². The molecule has 1 aromatic carbocycles. The topological polar surface area (TPSA) is 96.5 Å². The van der Waals surface area contributed by atoms with Crippen LogP contribution in [0.5, 0.6) is 5.75 Å². The van der Waals surface area contributed by atoms with Gasteiger partial charge in [-0.3, -0.25) is 14.6 Å². The molecule has 2 N–H and O–H groups in total. The summed E-state index contributed by atoms with van der Waals surface area (Å²) in [5, 5.41) is 6.68. The number of piperidine rings is 1. The number of carbonyl (C=O) groups is 2. The number of nitrogens with one attached hydrogen (secondary N) is 2. The first kappa shape index (κ1) is 24.4. The number of nitrogens with zero attached hydrogens (tertiary/aromatic N) is 3. The molecule has 3 aromatic rings. The molecule has 2 aliphatic heterocycles. The van der Waals surface area contributed by atoms with Crippen LogP contribution in [0, 0.1) is 5.41 Å². The van der Waals surface area contributed by atoms with Crippen molar-refractivity contribution >= 4 is 17.6 Å². The van der Waals surface area contributed by atoms with Crippen LogP contribution >= 0.6 is 0 Å². The van der Waals surface area contributed by atoms with Crippen molar-refractivity contribution in [3.63, 3.8) is 0 Å². The summed E-state index contributed by atoms with van der Waals surface area (Å²) in [6.07, 6.45) is 10.3. The minimum absolute atomic E-state index is 0.0259. The van der Waals surface area contributed by atoms with Crippen molar-refractivity contribution in [2.75, 3.05) is 25.0 Å². The van der Waals surface area contributed by atoms with Gasteiger partial charge in [-0.15, -0.1) is 0 Å². The van der Waals surface area contributed by atoms with E-state index in [4.69, 9.17) is 9.72 Å². The minimum Gasteiger partial charge on any atom is -0.492 e. The Morgan fingerprint density at radius 3 is 2.68 bits per heavy atom. The molecule has 1 spiro atoms. The number of carbonyl (C=O) groups excluding carboxylic acids is 2. The highest BCUT2D eigenvalue weighted by Gasteiger charge is 2.46. The van der Waals surface area contributed by atoms with Crippen LogP contribution in [0.1, 0.15) is 54.1 Å². The number of pyridine rings is 2. The quantitative estimate of drug-likeness (QED) is 0.515. The van der Waals surface area contributed by atoms with Crippen LogP contribution in [0.15, 0.2) is 55.0 Å². The third-order valence-corrected chi connectivity index (χ3v) is 8.33. The second kappa shape index (κ2) is 10.1. The number of likely N-dealkylation sites (tertiary alicyclic amines) is 1. The third-order valence-electron chi connectivity index (χ3n) is 8.33. The molecule has 0 unspecified atom stereocenters. The van der Waals surface area contributed by atoms with E-state index < -0.39 is 0 Å². The van der Waals surface area contributed by atoms with Crippen LogP contribution in [-0.2, 0) is 17.8 Å². The number of fused-ring (bicyclic) bond motifs is 1. The number of rotatable bonds is 6. The Balaban J connectivity index is 1.06. The lowest BCUT2D eigenvalue weighted by Gasteiger charge is -2.52. The summed E-state index contributed by atoms with van der Waals surface area (Å²) in [5.74, 6) is 1.84. The summed E-state index contributed by atoms with van der Waals surface area (Å²) in [6.45, 7) is 4.52. The van der Waals surface area contributed by atoms with Crippen molar-refractivity contribution < 1.29 is 14.3 Å². The van der Waals surface area contributed by atoms with Gasteiger partial charge in [0.15, 0.2) is 0 Å². The van der Waals surface area contributed by atoms with Crippen LogP contribution in [0.4, 0.5) is 5.82 Å². The van der Waals surface area contributed by atoms with Crippen LogP contribution in [-0.4, -0.2) is 52.4 Å². The van der Waals surface area contributed by atoms with Gasteiger partial charge in [0.05, 0.1) is 6.61 Å². The molecule has 2 aromatic heterocycles. The number of amides is 2. The first-order valence-electron chi connectivity index (χ1n) is 13.4. The third kappa shape index (κ3) is 4.83. The van der Waals surface area contributed by atoms with Crippen molar-refractivity contribution in [3.05, 3.63) is 71.7 Å². The van der Waals surface area contributed by atoms with Crippen molar-refractivity contribution in [1.29, 1.82) is 0 Å². The Morgan fingerprint density at radius 2 is 1.92 bits per heavy atom. The molecular weight excluding hydrogens is 478 g/mol. The molecule has 196 valence electrons. The van der Waals surface area contributed by atoms with Crippen molar-refractivity contribution in [1.82, 2.24) is 20.2 Å². The SMILES string of the molecule is CC(=O)N1CCC2(CC1)CC(NC(=O)c1cccc(CNc3ncc(-c4ccncc4)c4c3CCO4)c1)C2. The maximum absolute atomic E-state index is 13.0. The fourth-order valence-corrected chi connectivity index (χ4v) is 6.15. The molecule has 38 heavy (non-hydrogen) atoms. The van der Waals surface area contributed by atoms with Gasteiger partial charge < -0.3 is 20.3 Å². The minimum atomic E-state index is -0.0259. The molecule has 2 fully saturated rings. The van der Waals surface area contributed by atoms with E-state index in [-0.39, 0.29) is 17.9 Å². The van der Waals surface area contributed by atoms with Gasteiger partial charge in [0, 0.05) is 74.3 Å². The highest BCUT2D eigenvalue weighted by Crippen LogP contribution is 2.49. The lowest BCUT2D eigenvalue weighted by molar-refractivity contribution is -0.132. The van der Waals surface area contributed by atoms with E-state index in [2.05, 4.69) is 15.6 Å². The second-order valence-corrected chi connectivity index (χ2v) is 10.8. The van der Waals surface area contributed by atoms with Crippen LogP contribution in [0.2, 0.25) is 0 Å². The first-order chi connectivity index (χ1) is 18.5. The maximum Gasteiger partial charge on any atom is 0.251 e. The molecular formula is C30H33N5O3. The van der Waals surface area contributed by atoms with Gasteiger partial charge in [-0.1, -0.05) is 12.1 Å². The summed E-state index contributed by atoms with van der Waals surface area (Å²) < 4.78 is 5.97. The number of anilines is 1. The van der Waals surface area contributed by atoms with E-state index in [1.807, 2.05) is 47.5 Å². The van der Waals surface area contributed by atoms with Crippen molar-refractivity contribution in [3.8, 4) is 16.9 Å². The van der Waals surface area contributed by atoms with Gasteiger partial charge in [-0.25, -0.2) is 4.98 Å². The fourth-order valence-electron chi connectivity index (χ4n) is 6.15. The molecule has 1 saturated carbocycles. The van der Waals surface area contributed by atoms with Gasteiger partial charge in [0.2, 0.25) is 5.91 Å². The average Bonchev–Trinajstić information content (AvgIpc) is 3.42. The van der Waals surface area contributed by atoms with Crippen LogP contribution in [0.25, 0.3) is 11.1 Å². The van der Waals surface area contributed by atoms with E-state index in [9.17, 15) is 9.59 Å². The van der Waals surface area contributed by atoms with E-state index in [0.717, 1.165) is 79.0 Å². The monoisotopic (exact) mass is 511 g/mol. The smallest absolute Gasteiger partial charge is 0.251 e. The standard InChI is InChI=1S/C30H33N5O3/c1-20(36)35-12-8-30(9-13-35)16-24(17-30)34-29(37)23-4-2-3-21(15-23)18-32-28-25-7-14-38-27(25)26(19-33-28)22-5-10-31-11-6-22/h2-6,10-11,15,19,24H,7-9,12-14,16-18H2,1H3,(H,32,33)(H,34,37). The fraction of sp³-hybridized carbons (Fsp3) is 0.400. The Morgan fingerprint density at radius 1 is 1.13 bits per heavy atom. The molecule has 0 radical (unpaired) electrons. The lowest BCUT2D eigenvalue weighted by atomic mass is 9.60.